The van der Waals surface area contributed by atoms with E-state index in [0.717, 1.165) is 41.7 Å². The average molecular weight is 275 g/mol. The molecule has 6 heteroatoms. The van der Waals surface area contributed by atoms with Crippen LogP contribution in [0.25, 0.3) is 11.0 Å². The highest BCUT2D eigenvalue weighted by molar-refractivity contribution is 5.93. The normalized spacial score (nSPS) is 10.9. The van der Waals surface area contributed by atoms with Crippen molar-refractivity contribution in [2.45, 2.75) is 32.6 Å². The van der Waals surface area contributed by atoms with Crippen molar-refractivity contribution < 1.29 is 4.79 Å². The van der Waals surface area contributed by atoms with E-state index in [1.54, 1.807) is 10.9 Å². The first-order chi connectivity index (χ1) is 9.61. The number of hydrogen-bond acceptors (Lipinski definition) is 4. The molecule has 108 valence electrons. The third-order valence-corrected chi connectivity index (χ3v) is 3.25. The summed E-state index contributed by atoms with van der Waals surface area (Å²) >= 11 is 0. The van der Waals surface area contributed by atoms with Gasteiger partial charge >= 0.3 is 0 Å². The van der Waals surface area contributed by atoms with Crippen LogP contribution in [0.5, 0.6) is 0 Å². The molecular weight excluding hydrogens is 254 g/mol. The smallest absolute Gasteiger partial charge is 0.224 e. The molecule has 2 rings (SSSR count). The van der Waals surface area contributed by atoms with Gasteiger partial charge in [-0.1, -0.05) is 6.42 Å². The Hall–Kier alpha value is -1.95. The Bertz CT molecular complexity index is 605. The molecule has 0 spiro atoms. The largest absolute Gasteiger partial charge is 0.330 e. The number of fused-ring (bicyclic) bond motifs is 1. The van der Waals surface area contributed by atoms with Crippen LogP contribution < -0.4 is 11.1 Å². The van der Waals surface area contributed by atoms with Gasteiger partial charge in [0.2, 0.25) is 5.91 Å². The first-order valence-corrected chi connectivity index (χ1v) is 6.91. The number of nitrogens with one attached hydrogen (secondary N) is 1. The predicted octanol–water partition coefficient (Wildman–Crippen LogP) is 1.73. The molecule has 0 radical (unpaired) electrons. The van der Waals surface area contributed by atoms with Crippen LogP contribution in [0.15, 0.2) is 12.3 Å². The Kier molecular flexibility index (Phi) is 4.68. The summed E-state index contributed by atoms with van der Waals surface area (Å²) in [6, 6.07) is 1.92. The molecule has 1 amide bonds. The second kappa shape index (κ2) is 6.47. The Morgan fingerprint density at radius 1 is 1.40 bits per heavy atom. The Morgan fingerprint density at radius 3 is 2.95 bits per heavy atom. The summed E-state index contributed by atoms with van der Waals surface area (Å²) in [6.45, 7) is 2.62. The number of anilines is 1. The molecule has 3 N–H and O–H groups in total. The summed E-state index contributed by atoms with van der Waals surface area (Å²) in [5.41, 5.74) is 7.87. The van der Waals surface area contributed by atoms with Gasteiger partial charge in [0.25, 0.3) is 0 Å². The maximum absolute atomic E-state index is 11.8. The van der Waals surface area contributed by atoms with Crippen molar-refractivity contribution in [1.82, 2.24) is 14.8 Å². The highest BCUT2D eigenvalue weighted by Crippen LogP contribution is 2.19. The zero-order valence-corrected chi connectivity index (χ0v) is 12.0. The molecule has 0 unspecified atom stereocenters. The minimum absolute atomic E-state index is 0.0183. The molecule has 0 bridgehead atoms. The summed E-state index contributed by atoms with van der Waals surface area (Å²) in [5, 5.41) is 8.15. The van der Waals surface area contributed by atoms with Gasteiger partial charge in [0.05, 0.1) is 17.6 Å². The van der Waals surface area contributed by atoms with Crippen molar-refractivity contribution in [3.05, 3.63) is 18.0 Å². The number of carbonyl (C=O) groups is 1. The van der Waals surface area contributed by atoms with Gasteiger partial charge in [-0.15, -0.1) is 0 Å². The lowest BCUT2D eigenvalue weighted by atomic mass is 10.2. The molecule has 0 aliphatic heterocycles. The molecule has 0 aliphatic carbocycles. The number of amides is 1. The summed E-state index contributed by atoms with van der Waals surface area (Å²) in [4.78, 5) is 16.1. The maximum Gasteiger partial charge on any atom is 0.224 e. The number of unbranched alkanes of at least 4 members (excludes halogenated alkanes) is 2. The van der Waals surface area contributed by atoms with E-state index in [-0.39, 0.29) is 5.91 Å². The minimum Gasteiger partial charge on any atom is -0.330 e. The molecule has 2 aromatic heterocycles. The van der Waals surface area contributed by atoms with Crippen LogP contribution in [0.4, 0.5) is 5.69 Å². The lowest BCUT2D eigenvalue weighted by Gasteiger charge is -2.05. The first-order valence-electron chi connectivity index (χ1n) is 6.91. The SMILES string of the molecule is Cc1nn(C)c2ncc(NC(=O)CCCCCN)cc12. The molecule has 0 aliphatic rings. The summed E-state index contributed by atoms with van der Waals surface area (Å²) in [5.74, 6) is 0.0183. The fraction of sp³-hybridized carbons (Fsp3) is 0.500. The van der Waals surface area contributed by atoms with Gasteiger partial charge in [0, 0.05) is 18.9 Å². The number of nitrogens with two attached hydrogens (primary N) is 1. The number of aryl methyl sites for hydroxylation is 2. The van der Waals surface area contributed by atoms with Crippen LogP contribution >= 0.6 is 0 Å². The molecule has 2 aromatic rings. The third kappa shape index (κ3) is 3.33. The molecule has 2 heterocycles. The Balaban J connectivity index is 1.99. The second-order valence-corrected chi connectivity index (χ2v) is 4.95. The van der Waals surface area contributed by atoms with E-state index in [4.69, 9.17) is 5.73 Å². The van der Waals surface area contributed by atoms with Gasteiger partial charge in [0.15, 0.2) is 5.65 Å². The summed E-state index contributed by atoms with van der Waals surface area (Å²) in [7, 11) is 1.86. The molecule has 6 nitrogen and oxygen atoms in total. The van der Waals surface area contributed by atoms with Gasteiger partial charge in [-0.25, -0.2) is 4.98 Å². The lowest BCUT2D eigenvalue weighted by molar-refractivity contribution is -0.116. The van der Waals surface area contributed by atoms with Gasteiger partial charge < -0.3 is 11.1 Å². The van der Waals surface area contributed by atoms with Crippen LogP contribution in [-0.2, 0) is 11.8 Å². The van der Waals surface area contributed by atoms with E-state index in [1.807, 2.05) is 20.0 Å². The number of pyridine rings is 1. The van der Waals surface area contributed by atoms with E-state index in [0.29, 0.717) is 13.0 Å². The predicted molar refractivity (Wildman–Crippen MR) is 79.4 cm³/mol. The molecule has 0 aromatic carbocycles. The van der Waals surface area contributed by atoms with Crippen LogP contribution in [0.1, 0.15) is 31.4 Å². The van der Waals surface area contributed by atoms with E-state index >= 15 is 0 Å². The van der Waals surface area contributed by atoms with Crippen LogP contribution in [-0.4, -0.2) is 27.2 Å². The Morgan fingerprint density at radius 2 is 2.20 bits per heavy atom. The van der Waals surface area contributed by atoms with E-state index in [1.165, 1.54) is 0 Å². The van der Waals surface area contributed by atoms with Crippen molar-refractivity contribution in [2.24, 2.45) is 12.8 Å². The number of hydrogen-bond donors (Lipinski definition) is 2. The molecule has 0 atom stereocenters. The number of carbonyl (C=O) groups excluding carboxylic acids is 1. The fourth-order valence-electron chi connectivity index (χ4n) is 2.21. The third-order valence-electron chi connectivity index (χ3n) is 3.25. The van der Waals surface area contributed by atoms with Crippen molar-refractivity contribution in [2.75, 3.05) is 11.9 Å². The number of nitrogens with zero attached hydrogens (tertiary/aromatic N) is 3. The zero-order chi connectivity index (χ0) is 14.5. The summed E-state index contributed by atoms with van der Waals surface area (Å²) < 4.78 is 1.74. The van der Waals surface area contributed by atoms with Crippen LogP contribution in [0.2, 0.25) is 0 Å². The van der Waals surface area contributed by atoms with Gasteiger partial charge in [0.1, 0.15) is 0 Å². The van der Waals surface area contributed by atoms with Gasteiger partial charge in [-0.2, -0.15) is 5.10 Å². The van der Waals surface area contributed by atoms with Crippen molar-refractivity contribution >= 4 is 22.6 Å². The van der Waals surface area contributed by atoms with E-state index in [2.05, 4.69) is 15.4 Å². The quantitative estimate of drug-likeness (QED) is 0.786. The van der Waals surface area contributed by atoms with Gasteiger partial charge in [-0.05, 0) is 32.4 Å². The number of aromatic nitrogens is 3. The fourth-order valence-corrected chi connectivity index (χ4v) is 2.21. The number of rotatable bonds is 6. The second-order valence-electron chi connectivity index (χ2n) is 4.95. The molecule has 0 saturated carbocycles. The van der Waals surface area contributed by atoms with Crippen molar-refractivity contribution in [3.8, 4) is 0 Å². The van der Waals surface area contributed by atoms with E-state index < -0.39 is 0 Å². The average Bonchev–Trinajstić information content (AvgIpc) is 2.70. The Labute approximate surface area is 118 Å². The van der Waals surface area contributed by atoms with Crippen LogP contribution in [0.3, 0.4) is 0 Å². The van der Waals surface area contributed by atoms with E-state index in [9.17, 15) is 4.79 Å². The lowest BCUT2D eigenvalue weighted by Crippen LogP contribution is -2.11. The standard InChI is InChI=1S/C14H21N5O/c1-10-12-8-11(9-16-14(12)19(2)18-10)17-13(20)6-4-3-5-7-15/h8-9H,3-7,15H2,1-2H3,(H,17,20). The highest BCUT2D eigenvalue weighted by Gasteiger charge is 2.08. The molecule has 0 fully saturated rings. The van der Waals surface area contributed by atoms with Crippen LogP contribution in [0, 0.1) is 6.92 Å². The zero-order valence-electron chi connectivity index (χ0n) is 12.0. The first kappa shape index (κ1) is 14.5. The highest BCUT2D eigenvalue weighted by atomic mass is 16.1. The molecular formula is C14H21N5O. The maximum atomic E-state index is 11.8. The summed E-state index contributed by atoms with van der Waals surface area (Å²) in [6.07, 6.45) is 5.01. The molecule has 20 heavy (non-hydrogen) atoms. The topological polar surface area (TPSA) is 85.8 Å². The molecule has 0 saturated heterocycles. The minimum atomic E-state index is 0.0183. The van der Waals surface area contributed by atoms with Gasteiger partial charge in [-0.3, -0.25) is 9.48 Å². The van der Waals surface area contributed by atoms with Crippen molar-refractivity contribution in [3.63, 3.8) is 0 Å². The monoisotopic (exact) mass is 275 g/mol. The van der Waals surface area contributed by atoms with Crippen molar-refractivity contribution in [1.29, 1.82) is 0 Å².